The predicted octanol–water partition coefficient (Wildman–Crippen LogP) is 0.898. The summed E-state index contributed by atoms with van der Waals surface area (Å²) in [7, 11) is 0. The molecule has 1 amide bonds. The van der Waals surface area contributed by atoms with Gasteiger partial charge in [-0.25, -0.2) is 0 Å². The van der Waals surface area contributed by atoms with Gasteiger partial charge in [0.1, 0.15) is 0 Å². The third-order valence-corrected chi connectivity index (χ3v) is 2.69. The van der Waals surface area contributed by atoms with Gasteiger partial charge in [0.25, 0.3) is 0 Å². The summed E-state index contributed by atoms with van der Waals surface area (Å²) < 4.78 is 0. The molecule has 0 aromatic rings. The molecule has 0 fully saturated rings. The highest BCUT2D eigenvalue weighted by Gasteiger charge is 2.18. The lowest BCUT2D eigenvalue weighted by Gasteiger charge is -2.24. The van der Waals surface area contributed by atoms with Crippen molar-refractivity contribution in [2.45, 2.75) is 52.6 Å². The highest BCUT2D eigenvalue weighted by Crippen LogP contribution is 2.01. The minimum Gasteiger partial charge on any atom is -0.395 e. The molecule has 0 aromatic carbocycles. The summed E-state index contributed by atoms with van der Waals surface area (Å²) in [5.74, 6) is 0.323. The molecule has 0 heterocycles. The first kappa shape index (κ1) is 15.4. The van der Waals surface area contributed by atoms with Crippen molar-refractivity contribution in [3.05, 3.63) is 0 Å². The molecule has 0 aliphatic rings. The molecular weight excluding hydrogens is 204 g/mol. The maximum absolute atomic E-state index is 11.6. The topological polar surface area (TPSA) is 61.4 Å². The number of hydrogen-bond donors (Lipinski definition) is 3. The molecule has 0 aromatic heterocycles. The van der Waals surface area contributed by atoms with Crippen molar-refractivity contribution in [1.82, 2.24) is 10.6 Å². The summed E-state index contributed by atoms with van der Waals surface area (Å²) in [6.45, 7) is 8.75. The summed E-state index contributed by atoms with van der Waals surface area (Å²) in [4.78, 5) is 11.6. The van der Waals surface area contributed by atoms with Gasteiger partial charge in [0, 0.05) is 12.6 Å². The van der Waals surface area contributed by atoms with E-state index in [1.54, 1.807) is 0 Å². The van der Waals surface area contributed by atoms with E-state index < -0.39 is 0 Å². The van der Waals surface area contributed by atoms with Crippen LogP contribution in [0.2, 0.25) is 0 Å². The number of hydrogen-bond acceptors (Lipinski definition) is 3. The average Bonchev–Trinajstić information content (AvgIpc) is 2.25. The summed E-state index contributed by atoms with van der Waals surface area (Å²) in [6, 6.07) is -0.275. The molecule has 0 bridgehead atoms. The number of carbonyl (C=O) groups is 1. The van der Waals surface area contributed by atoms with Gasteiger partial charge in [-0.05, 0) is 19.3 Å². The van der Waals surface area contributed by atoms with Crippen LogP contribution in [0.4, 0.5) is 0 Å². The lowest BCUT2D eigenvalue weighted by molar-refractivity contribution is -0.123. The molecule has 2 unspecified atom stereocenters. The van der Waals surface area contributed by atoms with E-state index in [0.717, 1.165) is 19.4 Å². The van der Waals surface area contributed by atoms with Crippen LogP contribution in [0.1, 0.15) is 40.5 Å². The Balaban J connectivity index is 3.93. The van der Waals surface area contributed by atoms with Crippen LogP contribution in [0.5, 0.6) is 0 Å². The fourth-order valence-corrected chi connectivity index (χ4v) is 1.39. The first-order chi connectivity index (χ1) is 7.52. The van der Waals surface area contributed by atoms with Gasteiger partial charge in [-0.1, -0.05) is 27.2 Å². The molecule has 0 rings (SSSR count). The molecule has 0 aliphatic heterocycles. The van der Waals surface area contributed by atoms with Crippen molar-refractivity contribution in [1.29, 1.82) is 0 Å². The van der Waals surface area contributed by atoms with Crippen LogP contribution in [0.15, 0.2) is 0 Å². The van der Waals surface area contributed by atoms with E-state index in [1.807, 2.05) is 20.8 Å². The smallest absolute Gasteiger partial charge is 0.236 e. The first-order valence-electron chi connectivity index (χ1n) is 6.17. The summed E-state index contributed by atoms with van der Waals surface area (Å²) in [5.41, 5.74) is 0. The highest BCUT2D eigenvalue weighted by atomic mass is 16.3. The number of aliphatic hydroxyl groups is 1. The fourth-order valence-electron chi connectivity index (χ4n) is 1.39. The zero-order chi connectivity index (χ0) is 12.6. The molecule has 0 saturated carbocycles. The number of aliphatic hydroxyl groups excluding tert-OH is 1. The minimum atomic E-state index is -0.253. The molecule has 2 atom stereocenters. The van der Waals surface area contributed by atoms with Crippen LogP contribution in [-0.2, 0) is 4.79 Å². The summed E-state index contributed by atoms with van der Waals surface area (Å²) >= 11 is 0. The Hall–Kier alpha value is -0.610. The Morgan fingerprint density at radius 2 is 1.94 bits per heavy atom. The SMILES string of the molecule is CCCCNC(=O)C(C)NC(CO)C(C)C. The Kier molecular flexibility index (Phi) is 8.21. The molecule has 0 aliphatic carbocycles. The van der Waals surface area contributed by atoms with E-state index >= 15 is 0 Å². The Labute approximate surface area is 98.8 Å². The maximum Gasteiger partial charge on any atom is 0.236 e. The monoisotopic (exact) mass is 230 g/mol. The summed E-state index contributed by atoms with van der Waals surface area (Å²) in [6.07, 6.45) is 2.08. The number of rotatable bonds is 8. The van der Waals surface area contributed by atoms with E-state index in [1.165, 1.54) is 0 Å². The van der Waals surface area contributed by atoms with Gasteiger partial charge in [0.15, 0.2) is 0 Å². The second-order valence-electron chi connectivity index (χ2n) is 4.57. The van der Waals surface area contributed by atoms with E-state index in [4.69, 9.17) is 5.11 Å². The number of unbranched alkanes of at least 4 members (excludes halogenated alkanes) is 1. The first-order valence-corrected chi connectivity index (χ1v) is 6.17. The van der Waals surface area contributed by atoms with E-state index in [2.05, 4.69) is 17.6 Å². The average molecular weight is 230 g/mol. The van der Waals surface area contributed by atoms with Crippen molar-refractivity contribution in [3.8, 4) is 0 Å². The van der Waals surface area contributed by atoms with Crippen LogP contribution >= 0.6 is 0 Å². The largest absolute Gasteiger partial charge is 0.395 e. The minimum absolute atomic E-state index is 0.00699. The van der Waals surface area contributed by atoms with Crippen LogP contribution in [0, 0.1) is 5.92 Å². The molecule has 3 N–H and O–H groups in total. The Morgan fingerprint density at radius 3 is 2.38 bits per heavy atom. The lowest BCUT2D eigenvalue weighted by atomic mass is 10.0. The van der Waals surface area contributed by atoms with Crippen LogP contribution < -0.4 is 10.6 Å². The van der Waals surface area contributed by atoms with E-state index in [0.29, 0.717) is 5.92 Å². The second kappa shape index (κ2) is 8.53. The van der Waals surface area contributed by atoms with E-state index in [-0.39, 0.29) is 24.6 Å². The number of carbonyl (C=O) groups excluding carboxylic acids is 1. The van der Waals surface area contributed by atoms with Crippen molar-refractivity contribution in [2.75, 3.05) is 13.2 Å². The fraction of sp³-hybridized carbons (Fsp3) is 0.917. The third kappa shape index (κ3) is 6.08. The second-order valence-corrected chi connectivity index (χ2v) is 4.57. The number of amides is 1. The van der Waals surface area contributed by atoms with Crippen LogP contribution in [0.3, 0.4) is 0 Å². The zero-order valence-electron chi connectivity index (χ0n) is 10.9. The third-order valence-electron chi connectivity index (χ3n) is 2.69. The normalized spacial score (nSPS) is 14.9. The van der Waals surface area contributed by atoms with Gasteiger partial charge < -0.3 is 15.7 Å². The van der Waals surface area contributed by atoms with Crippen LogP contribution in [0.25, 0.3) is 0 Å². The molecule has 0 radical (unpaired) electrons. The Morgan fingerprint density at radius 1 is 1.31 bits per heavy atom. The van der Waals surface area contributed by atoms with Crippen molar-refractivity contribution in [3.63, 3.8) is 0 Å². The van der Waals surface area contributed by atoms with Crippen LogP contribution in [-0.4, -0.2) is 36.2 Å². The van der Waals surface area contributed by atoms with Gasteiger partial charge in [0.05, 0.1) is 12.6 Å². The molecular formula is C12H26N2O2. The van der Waals surface area contributed by atoms with Crippen molar-refractivity contribution >= 4 is 5.91 Å². The Bertz CT molecular complexity index is 195. The molecule has 0 saturated heterocycles. The van der Waals surface area contributed by atoms with Gasteiger partial charge in [-0.3, -0.25) is 4.79 Å². The van der Waals surface area contributed by atoms with Gasteiger partial charge >= 0.3 is 0 Å². The predicted molar refractivity (Wildman–Crippen MR) is 66.2 cm³/mol. The standard InChI is InChI=1S/C12H26N2O2/c1-5-6-7-13-12(16)10(4)14-11(8-15)9(2)3/h9-11,14-15H,5-8H2,1-4H3,(H,13,16). The van der Waals surface area contributed by atoms with Crippen molar-refractivity contribution < 1.29 is 9.90 Å². The number of nitrogens with one attached hydrogen (secondary N) is 2. The molecule has 16 heavy (non-hydrogen) atoms. The van der Waals surface area contributed by atoms with Gasteiger partial charge in [0.2, 0.25) is 5.91 Å². The maximum atomic E-state index is 11.6. The molecule has 4 heteroatoms. The molecule has 0 spiro atoms. The molecule has 96 valence electrons. The quantitative estimate of drug-likeness (QED) is 0.543. The highest BCUT2D eigenvalue weighted by molar-refractivity contribution is 5.81. The lowest BCUT2D eigenvalue weighted by Crippen LogP contribution is -2.49. The zero-order valence-corrected chi connectivity index (χ0v) is 10.9. The van der Waals surface area contributed by atoms with Crippen molar-refractivity contribution in [2.24, 2.45) is 5.92 Å². The summed E-state index contributed by atoms with van der Waals surface area (Å²) in [5, 5.41) is 15.1. The van der Waals surface area contributed by atoms with Gasteiger partial charge in [-0.2, -0.15) is 0 Å². The van der Waals surface area contributed by atoms with Gasteiger partial charge in [-0.15, -0.1) is 0 Å². The molecule has 4 nitrogen and oxygen atoms in total. The van der Waals surface area contributed by atoms with E-state index in [9.17, 15) is 4.79 Å².